The Morgan fingerprint density at radius 3 is 2.56 bits per heavy atom. The standard InChI is InChI=1S/C20H28N2O4S/c1-4-13-26-19-7-5-18-15-20(8-6-17(18)14-19)27(24,25)22(12-10-21-23)11-9-16(2)3/h4-8,14-16,21,23H,1,9-13H2,2-3H3. The molecule has 27 heavy (non-hydrogen) atoms. The van der Waals surface area contributed by atoms with E-state index in [2.05, 4.69) is 20.4 Å². The molecule has 2 N–H and O–H groups in total. The van der Waals surface area contributed by atoms with Crippen LogP contribution in [-0.2, 0) is 10.0 Å². The van der Waals surface area contributed by atoms with Gasteiger partial charge in [-0.2, -0.15) is 4.31 Å². The number of nitrogens with one attached hydrogen (secondary N) is 1. The Hall–Kier alpha value is -1.93. The van der Waals surface area contributed by atoms with Gasteiger partial charge in [-0.05, 0) is 47.4 Å². The van der Waals surface area contributed by atoms with Crippen LogP contribution in [0.25, 0.3) is 10.8 Å². The second kappa shape index (κ2) is 9.85. The predicted molar refractivity (Wildman–Crippen MR) is 108 cm³/mol. The van der Waals surface area contributed by atoms with Crippen molar-refractivity contribution in [2.45, 2.75) is 25.2 Å². The van der Waals surface area contributed by atoms with Crippen molar-refractivity contribution in [3.63, 3.8) is 0 Å². The molecule has 0 saturated heterocycles. The fraction of sp³-hybridized carbons (Fsp3) is 0.400. The third-order valence-electron chi connectivity index (χ3n) is 4.22. The fourth-order valence-electron chi connectivity index (χ4n) is 2.69. The number of hydrogen-bond donors (Lipinski definition) is 2. The second-order valence-electron chi connectivity index (χ2n) is 6.77. The van der Waals surface area contributed by atoms with Crippen LogP contribution in [-0.4, -0.2) is 44.2 Å². The van der Waals surface area contributed by atoms with Gasteiger partial charge in [0.25, 0.3) is 0 Å². The third-order valence-corrected chi connectivity index (χ3v) is 6.11. The number of sulfonamides is 1. The highest BCUT2D eigenvalue weighted by molar-refractivity contribution is 7.89. The maximum atomic E-state index is 13.1. The average molecular weight is 393 g/mol. The molecule has 0 bridgehead atoms. The predicted octanol–water partition coefficient (Wildman–Crippen LogP) is 3.42. The highest BCUT2D eigenvalue weighted by atomic mass is 32.2. The maximum Gasteiger partial charge on any atom is 0.243 e. The van der Waals surface area contributed by atoms with E-state index in [9.17, 15) is 8.42 Å². The summed E-state index contributed by atoms with van der Waals surface area (Å²) in [4.78, 5) is 0.247. The number of nitrogens with zero attached hydrogens (tertiary/aromatic N) is 1. The van der Waals surface area contributed by atoms with Crippen molar-refractivity contribution in [2.24, 2.45) is 5.92 Å². The SMILES string of the molecule is C=CCOc1ccc2cc(S(=O)(=O)N(CCNO)CCC(C)C)ccc2c1. The minimum Gasteiger partial charge on any atom is -0.490 e. The summed E-state index contributed by atoms with van der Waals surface area (Å²) in [6.45, 7) is 8.94. The fourth-order valence-corrected chi connectivity index (χ4v) is 4.18. The molecule has 0 heterocycles. The van der Waals surface area contributed by atoms with E-state index in [0.717, 1.165) is 17.2 Å². The summed E-state index contributed by atoms with van der Waals surface area (Å²) >= 11 is 0. The minimum atomic E-state index is -3.65. The van der Waals surface area contributed by atoms with Crippen LogP contribution in [0.2, 0.25) is 0 Å². The van der Waals surface area contributed by atoms with Gasteiger partial charge in [-0.1, -0.05) is 38.6 Å². The number of hydroxylamine groups is 1. The van der Waals surface area contributed by atoms with Crippen molar-refractivity contribution in [3.05, 3.63) is 49.1 Å². The van der Waals surface area contributed by atoms with Gasteiger partial charge in [0.1, 0.15) is 12.4 Å². The Balaban J connectivity index is 2.31. The molecule has 0 fully saturated rings. The van der Waals surface area contributed by atoms with E-state index < -0.39 is 10.0 Å². The lowest BCUT2D eigenvalue weighted by molar-refractivity contribution is 0.159. The molecular weight excluding hydrogens is 364 g/mol. The number of fused-ring (bicyclic) bond motifs is 1. The van der Waals surface area contributed by atoms with Crippen LogP contribution in [0.15, 0.2) is 53.9 Å². The molecule has 2 aromatic rings. The van der Waals surface area contributed by atoms with Crippen LogP contribution in [0, 0.1) is 5.92 Å². The molecule has 0 aromatic heterocycles. The van der Waals surface area contributed by atoms with Gasteiger partial charge in [0, 0.05) is 19.6 Å². The number of hydrogen-bond acceptors (Lipinski definition) is 5. The third kappa shape index (κ3) is 5.77. The summed E-state index contributed by atoms with van der Waals surface area (Å²) in [5.41, 5.74) is 2.03. The topological polar surface area (TPSA) is 78.9 Å². The van der Waals surface area contributed by atoms with E-state index in [-0.39, 0.29) is 18.0 Å². The molecule has 2 rings (SSSR count). The smallest absolute Gasteiger partial charge is 0.243 e. The van der Waals surface area contributed by atoms with Crippen molar-refractivity contribution >= 4 is 20.8 Å². The van der Waals surface area contributed by atoms with Crippen molar-refractivity contribution in [1.29, 1.82) is 0 Å². The molecule has 0 aliphatic rings. The lowest BCUT2D eigenvalue weighted by atomic mass is 10.1. The quantitative estimate of drug-likeness (QED) is 0.452. The summed E-state index contributed by atoms with van der Waals surface area (Å²) in [7, 11) is -3.65. The largest absolute Gasteiger partial charge is 0.490 e. The Labute approximate surface area is 161 Å². The molecule has 0 radical (unpaired) electrons. The van der Waals surface area contributed by atoms with Gasteiger partial charge in [0.05, 0.1) is 4.90 Å². The Morgan fingerprint density at radius 1 is 1.19 bits per heavy atom. The number of benzene rings is 2. The number of rotatable bonds is 11. The van der Waals surface area contributed by atoms with E-state index in [1.54, 1.807) is 24.3 Å². The van der Waals surface area contributed by atoms with E-state index in [1.807, 2.05) is 23.7 Å². The van der Waals surface area contributed by atoms with Crippen LogP contribution in [0.1, 0.15) is 20.3 Å². The van der Waals surface area contributed by atoms with Gasteiger partial charge >= 0.3 is 0 Å². The van der Waals surface area contributed by atoms with Crippen molar-refractivity contribution < 1.29 is 18.4 Å². The summed E-state index contributed by atoms with van der Waals surface area (Å²) in [6, 6.07) is 10.6. The lowest BCUT2D eigenvalue weighted by Gasteiger charge is -2.23. The Morgan fingerprint density at radius 2 is 1.89 bits per heavy atom. The van der Waals surface area contributed by atoms with Crippen LogP contribution >= 0.6 is 0 Å². The molecule has 0 atom stereocenters. The van der Waals surface area contributed by atoms with Crippen molar-refractivity contribution in [3.8, 4) is 5.75 Å². The second-order valence-corrected chi connectivity index (χ2v) is 8.70. The molecule has 0 amide bonds. The highest BCUT2D eigenvalue weighted by Crippen LogP contribution is 2.25. The van der Waals surface area contributed by atoms with E-state index in [1.165, 1.54) is 4.31 Å². The zero-order valence-electron chi connectivity index (χ0n) is 15.9. The van der Waals surface area contributed by atoms with Gasteiger partial charge in [-0.15, -0.1) is 0 Å². The molecule has 6 nitrogen and oxygen atoms in total. The molecular formula is C20H28N2O4S. The van der Waals surface area contributed by atoms with Gasteiger partial charge in [-0.3, -0.25) is 0 Å². The first-order chi connectivity index (χ1) is 12.9. The first-order valence-electron chi connectivity index (χ1n) is 9.03. The molecule has 7 heteroatoms. The van der Waals surface area contributed by atoms with Gasteiger partial charge in [-0.25, -0.2) is 13.9 Å². The summed E-state index contributed by atoms with van der Waals surface area (Å²) in [5.74, 6) is 1.10. The minimum absolute atomic E-state index is 0.176. The molecule has 0 saturated carbocycles. The van der Waals surface area contributed by atoms with Crippen LogP contribution in [0.5, 0.6) is 5.75 Å². The van der Waals surface area contributed by atoms with Crippen molar-refractivity contribution in [1.82, 2.24) is 9.79 Å². The normalized spacial score (nSPS) is 12.0. The zero-order valence-corrected chi connectivity index (χ0v) is 16.7. The van der Waals surface area contributed by atoms with Gasteiger partial charge < -0.3 is 9.94 Å². The van der Waals surface area contributed by atoms with E-state index in [0.29, 0.717) is 24.8 Å². The molecule has 0 aliphatic heterocycles. The maximum absolute atomic E-state index is 13.1. The molecule has 0 spiro atoms. The van der Waals surface area contributed by atoms with Crippen LogP contribution < -0.4 is 10.2 Å². The molecule has 0 unspecified atom stereocenters. The average Bonchev–Trinajstić information content (AvgIpc) is 2.65. The van der Waals surface area contributed by atoms with Gasteiger partial charge in [0.15, 0.2) is 0 Å². The first kappa shape index (κ1) is 21.4. The summed E-state index contributed by atoms with van der Waals surface area (Å²) in [6.07, 6.45) is 2.43. The summed E-state index contributed by atoms with van der Waals surface area (Å²) in [5, 5.41) is 10.6. The molecule has 148 valence electrons. The van der Waals surface area contributed by atoms with Crippen molar-refractivity contribution in [2.75, 3.05) is 26.2 Å². The molecule has 2 aromatic carbocycles. The monoisotopic (exact) mass is 392 g/mol. The Kier molecular flexibility index (Phi) is 7.79. The Bertz CT molecular complexity index is 865. The van der Waals surface area contributed by atoms with E-state index in [4.69, 9.17) is 9.94 Å². The molecule has 0 aliphatic carbocycles. The lowest BCUT2D eigenvalue weighted by Crippen LogP contribution is -2.37. The van der Waals surface area contributed by atoms with Gasteiger partial charge in [0.2, 0.25) is 10.0 Å². The van der Waals surface area contributed by atoms with Crippen LogP contribution in [0.3, 0.4) is 0 Å². The van der Waals surface area contributed by atoms with Crippen LogP contribution in [0.4, 0.5) is 0 Å². The first-order valence-corrected chi connectivity index (χ1v) is 10.5. The zero-order chi connectivity index (χ0) is 19.9. The number of ether oxygens (including phenoxy) is 1. The van der Waals surface area contributed by atoms with E-state index >= 15 is 0 Å². The highest BCUT2D eigenvalue weighted by Gasteiger charge is 2.24. The summed E-state index contributed by atoms with van der Waals surface area (Å²) < 4.78 is 33.1.